The SMILES string of the molecule is COc1ccc(CN(Cc2ccc(OC)cc2)c2nc(-c3cccc(C#N)c3)c(-c3ccncn3)n3nc(CO)nc23)cc1. The Morgan fingerprint density at radius 3 is 2.14 bits per heavy atom. The second kappa shape index (κ2) is 12.6. The number of fused-ring (bicyclic) bond motifs is 1. The number of anilines is 1. The molecule has 0 aliphatic rings. The number of aromatic nitrogens is 6. The standard InChI is InChI=1S/C33H28N8O3/c1-43-26-10-6-22(7-11-26)18-40(19-23-8-12-27(44-2)13-9-23)32-33-37-29(20-42)39-41(33)31(28-14-15-35-21-36-28)30(38-32)25-5-3-4-24(16-25)17-34/h3-16,21,42H,18-20H2,1-2H3. The molecule has 44 heavy (non-hydrogen) atoms. The van der Waals surface area contributed by atoms with Gasteiger partial charge in [-0.1, -0.05) is 36.4 Å². The first kappa shape index (κ1) is 28.3. The quantitative estimate of drug-likeness (QED) is 0.238. The van der Waals surface area contributed by atoms with Crippen molar-refractivity contribution >= 4 is 11.5 Å². The van der Waals surface area contributed by atoms with Crippen LogP contribution in [0.2, 0.25) is 0 Å². The van der Waals surface area contributed by atoms with Crippen molar-refractivity contribution in [3.05, 3.63) is 114 Å². The summed E-state index contributed by atoms with van der Waals surface area (Å²) in [5, 5.41) is 24.4. The zero-order valence-electron chi connectivity index (χ0n) is 24.1. The largest absolute Gasteiger partial charge is 0.497 e. The van der Waals surface area contributed by atoms with Gasteiger partial charge in [-0.15, -0.1) is 5.10 Å². The van der Waals surface area contributed by atoms with Crippen molar-refractivity contribution in [2.45, 2.75) is 19.7 Å². The summed E-state index contributed by atoms with van der Waals surface area (Å²) >= 11 is 0. The monoisotopic (exact) mass is 584 g/mol. The average molecular weight is 585 g/mol. The summed E-state index contributed by atoms with van der Waals surface area (Å²) in [6.45, 7) is 0.593. The highest BCUT2D eigenvalue weighted by Crippen LogP contribution is 2.35. The highest BCUT2D eigenvalue weighted by Gasteiger charge is 2.25. The van der Waals surface area contributed by atoms with Crippen molar-refractivity contribution in [3.63, 3.8) is 0 Å². The van der Waals surface area contributed by atoms with Crippen LogP contribution < -0.4 is 14.4 Å². The van der Waals surface area contributed by atoms with Gasteiger partial charge in [0, 0.05) is 24.8 Å². The highest BCUT2D eigenvalue weighted by molar-refractivity contribution is 5.82. The van der Waals surface area contributed by atoms with Crippen LogP contribution in [-0.4, -0.2) is 48.9 Å². The van der Waals surface area contributed by atoms with Crippen LogP contribution in [0.5, 0.6) is 11.5 Å². The third kappa shape index (κ3) is 5.74. The van der Waals surface area contributed by atoms with Gasteiger partial charge in [-0.3, -0.25) is 0 Å². The minimum Gasteiger partial charge on any atom is -0.497 e. The Bertz CT molecular complexity index is 1890. The molecule has 6 rings (SSSR count). The zero-order chi connectivity index (χ0) is 30.5. The van der Waals surface area contributed by atoms with Crippen molar-refractivity contribution < 1.29 is 14.6 Å². The fourth-order valence-electron chi connectivity index (χ4n) is 4.95. The Morgan fingerprint density at radius 1 is 0.886 bits per heavy atom. The number of nitriles is 1. The Morgan fingerprint density at radius 2 is 1.57 bits per heavy atom. The summed E-state index contributed by atoms with van der Waals surface area (Å²) in [6.07, 6.45) is 3.09. The molecule has 0 amide bonds. The van der Waals surface area contributed by atoms with Crippen molar-refractivity contribution in [1.29, 1.82) is 5.26 Å². The van der Waals surface area contributed by atoms with Gasteiger partial charge in [0.2, 0.25) is 0 Å². The van der Waals surface area contributed by atoms with Gasteiger partial charge in [-0.2, -0.15) is 5.26 Å². The van der Waals surface area contributed by atoms with Gasteiger partial charge in [0.15, 0.2) is 17.3 Å². The topological polar surface area (TPSA) is 135 Å². The third-order valence-corrected chi connectivity index (χ3v) is 7.10. The molecule has 11 nitrogen and oxygen atoms in total. The van der Waals surface area contributed by atoms with E-state index in [1.54, 1.807) is 43.1 Å². The van der Waals surface area contributed by atoms with Crippen LogP contribution in [-0.2, 0) is 19.7 Å². The molecule has 0 saturated heterocycles. The Labute approximate surface area is 253 Å². The Kier molecular flexibility index (Phi) is 8.07. The molecule has 11 heteroatoms. The van der Waals surface area contributed by atoms with E-state index in [-0.39, 0.29) is 12.4 Å². The van der Waals surface area contributed by atoms with Gasteiger partial charge in [0.1, 0.15) is 35.8 Å². The van der Waals surface area contributed by atoms with E-state index in [0.29, 0.717) is 52.8 Å². The molecule has 0 aliphatic carbocycles. The zero-order valence-corrected chi connectivity index (χ0v) is 24.1. The smallest absolute Gasteiger partial charge is 0.199 e. The highest BCUT2D eigenvalue weighted by atomic mass is 16.5. The van der Waals surface area contributed by atoms with Crippen molar-refractivity contribution in [2.75, 3.05) is 19.1 Å². The number of ether oxygens (including phenoxy) is 2. The maximum atomic E-state index is 10.1. The first-order chi connectivity index (χ1) is 21.6. The molecule has 6 aromatic rings. The molecule has 0 aliphatic heterocycles. The normalized spacial score (nSPS) is 10.9. The molecule has 3 heterocycles. The Hall–Kier alpha value is -5.86. The maximum absolute atomic E-state index is 10.1. The van der Waals surface area contributed by atoms with Gasteiger partial charge in [-0.25, -0.2) is 24.5 Å². The number of rotatable bonds is 10. The van der Waals surface area contributed by atoms with Gasteiger partial charge in [0.25, 0.3) is 0 Å². The number of aliphatic hydroxyl groups is 1. The lowest BCUT2D eigenvalue weighted by atomic mass is 10.0. The van der Waals surface area contributed by atoms with Crippen LogP contribution in [0, 0.1) is 11.3 Å². The lowest BCUT2D eigenvalue weighted by molar-refractivity contribution is 0.271. The van der Waals surface area contributed by atoms with Crippen molar-refractivity contribution in [2.24, 2.45) is 0 Å². The molecule has 0 radical (unpaired) electrons. The van der Waals surface area contributed by atoms with Crippen LogP contribution in [0.4, 0.5) is 5.82 Å². The summed E-state index contributed by atoms with van der Waals surface area (Å²) < 4.78 is 12.4. The molecule has 3 aromatic heterocycles. The summed E-state index contributed by atoms with van der Waals surface area (Å²) in [6, 6.07) is 26.9. The van der Waals surface area contributed by atoms with E-state index in [9.17, 15) is 10.4 Å². The number of aliphatic hydroxyl groups excluding tert-OH is 1. The fourth-order valence-corrected chi connectivity index (χ4v) is 4.95. The summed E-state index contributed by atoms with van der Waals surface area (Å²) in [5.41, 5.74) is 5.35. The number of methoxy groups -OCH3 is 2. The van der Waals surface area contributed by atoms with E-state index in [1.165, 1.54) is 6.33 Å². The molecular formula is C33H28N8O3. The lowest BCUT2D eigenvalue weighted by Crippen LogP contribution is -2.25. The molecule has 218 valence electrons. The van der Waals surface area contributed by atoms with Crippen LogP contribution in [0.1, 0.15) is 22.5 Å². The first-order valence-corrected chi connectivity index (χ1v) is 13.8. The van der Waals surface area contributed by atoms with Crippen molar-refractivity contribution in [1.82, 2.24) is 29.5 Å². The van der Waals surface area contributed by atoms with Crippen molar-refractivity contribution in [3.8, 4) is 40.2 Å². The third-order valence-electron chi connectivity index (χ3n) is 7.10. The molecule has 0 bridgehead atoms. The van der Waals surface area contributed by atoms with Crippen LogP contribution in [0.15, 0.2) is 91.4 Å². The fraction of sp³-hybridized carbons (Fsp3) is 0.152. The van der Waals surface area contributed by atoms with E-state index < -0.39 is 0 Å². The summed E-state index contributed by atoms with van der Waals surface area (Å²) in [7, 11) is 3.27. The van der Waals surface area contributed by atoms with Gasteiger partial charge in [-0.05, 0) is 53.6 Å². The predicted molar refractivity (Wildman–Crippen MR) is 164 cm³/mol. The van der Waals surface area contributed by atoms with E-state index in [0.717, 1.165) is 22.6 Å². The van der Waals surface area contributed by atoms with Crippen LogP contribution in [0.3, 0.4) is 0 Å². The number of benzene rings is 3. The minimum absolute atomic E-state index is 0.236. The molecule has 0 spiro atoms. The second-order valence-electron chi connectivity index (χ2n) is 9.89. The summed E-state index contributed by atoms with van der Waals surface area (Å²) in [5.74, 6) is 2.30. The Balaban J connectivity index is 1.60. The van der Waals surface area contributed by atoms with Crippen LogP contribution >= 0.6 is 0 Å². The molecular weight excluding hydrogens is 556 g/mol. The van der Waals surface area contributed by atoms with Gasteiger partial charge < -0.3 is 19.5 Å². The first-order valence-electron chi connectivity index (χ1n) is 13.8. The molecule has 0 atom stereocenters. The average Bonchev–Trinajstić information content (AvgIpc) is 3.53. The molecule has 0 saturated carbocycles. The van der Waals surface area contributed by atoms with E-state index in [4.69, 9.17) is 19.4 Å². The summed E-state index contributed by atoms with van der Waals surface area (Å²) in [4.78, 5) is 20.6. The van der Waals surface area contributed by atoms with E-state index in [1.807, 2.05) is 60.7 Å². The molecule has 3 aromatic carbocycles. The van der Waals surface area contributed by atoms with E-state index in [2.05, 4.69) is 26.0 Å². The minimum atomic E-state index is -0.361. The molecule has 0 unspecified atom stereocenters. The molecule has 1 N–H and O–H groups in total. The second-order valence-corrected chi connectivity index (χ2v) is 9.89. The van der Waals surface area contributed by atoms with E-state index >= 15 is 0 Å². The number of hydrogen-bond donors (Lipinski definition) is 1. The van der Waals surface area contributed by atoms with Gasteiger partial charge in [0.05, 0.1) is 31.5 Å². The number of nitrogens with zero attached hydrogens (tertiary/aromatic N) is 8. The molecule has 0 fully saturated rings. The maximum Gasteiger partial charge on any atom is 0.199 e. The number of hydrogen-bond acceptors (Lipinski definition) is 10. The van der Waals surface area contributed by atoms with Crippen LogP contribution in [0.25, 0.3) is 28.3 Å². The van der Waals surface area contributed by atoms with Gasteiger partial charge >= 0.3 is 0 Å². The lowest BCUT2D eigenvalue weighted by Gasteiger charge is -2.26. The predicted octanol–water partition coefficient (Wildman–Crippen LogP) is 4.84.